The second-order valence-electron chi connectivity index (χ2n) is 2.00. The normalized spacial score (nSPS) is 9.45. The van der Waals surface area contributed by atoms with Gasteiger partial charge in [0, 0.05) is 6.20 Å². The van der Waals surface area contributed by atoms with Gasteiger partial charge in [0.2, 0.25) is 5.91 Å². The van der Waals surface area contributed by atoms with Crippen molar-refractivity contribution in [2.75, 3.05) is 0 Å². The number of rotatable bonds is 3. The van der Waals surface area contributed by atoms with Gasteiger partial charge >= 0.3 is 0 Å². The van der Waals surface area contributed by atoms with Crippen LogP contribution in [0.3, 0.4) is 0 Å². The molecule has 1 heterocycles. The van der Waals surface area contributed by atoms with E-state index in [0.717, 1.165) is 0 Å². The van der Waals surface area contributed by atoms with Crippen LogP contribution in [-0.2, 0) is 11.3 Å². The quantitative estimate of drug-likeness (QED) is 0.576. The Morgan fingerprint density at radius 1 is 1.82 bits per heavy atom. The minimum absolute atomic E-state index is 0.0545. The van der Waals surface area contributed by atoms with Gasteiger partial charge < -0.3 is 5.73 Å². The molecule has 0 aliphatic carbocycles. The number of hydrogen-bond acceptors (Lipinski definition) is 3. The van der Waals surface area contributed by atoms with Gasteiger partial charge in [-0.05, 0) is 6.07 Å². The first-order valence-electron chi connectivity index (χ1n) is 2.99. The molecule has 0 unspecified atom stereocenters. The summed E-state index contributed by atoms with van der Waals surface area (Å²) in [5.41, 5.74) is 5.24. The zero-order valence-corrected chi connectivity index (χ0v) is 5.73. The van der Waals surface area contributed by atoms with Crippen LogP contribution in [0.15, 0.2) is 12.3 Å². The lowest BCUT2D eigenvalue weighted by atomic mass is 10.4. The summed E-state index contributed by atoms with van der Waals surface area (Å²) < 4.78 is 1.25. The third kappa shape index (κ3) is 1.64. The molecule has 0 atom stereocenters. The molecule has 11 heavy (non-hydrogen) atoms. The Morgan fingerprint density at radius 2 is 2.55 bits per heavy atom. The van der Waals surface area contributed by atoms with Gasteiger partial charge in [-0.15, -0.1) is 0 Å². The summed E-state index contributed by atoms with van der Waals surface area (Å²) >= 11 is 0. The van der Waals surface area contributed by atoms with Crippen molar-refractivity contribution in [2.45, 2.75) is 6.54 Å². The Kier molecular flexibility index (Phi) is 2.00. The topological polar surface area (TPSA) is 78.0 Å². The summed E-state index contributed by atoms with van der Waals surface area (Å²) in [7, 11) is 0. The molecule has 1 amide bonds. The highest BCUT2D eigenvalue weighted by atomic mass is 16.1. The average Bonchev–Trinajstić information content (AvgIpc) is 2.34. The fraction of sp³-hybridized carbons (Fsp3) is 0.167. The maximum Gasteiger partial charge on any atom is 0.239 e. The Morgan fingerprint density at radius 3 is 3.09 bits per heavy atom. The van der Waals surface area contributed by atoms with Crippen molar-refractivity contribution in [1.82, 2.24) is 9.78 Å². The minimum atomic E-state index is -0.517. The monoisotopic (exact) mass is 153 g/mol. The third-order valence-corrected chi connectivity index (χ3v) is 1.18. The highest BCUT2D eigenvalue weighted by Gasteiger charge is 2.02. The predicted molar refractivity (Wildman–Crippen MR) is 36.8 cm³/mol. The van der Waals surface area contributed by atoms with E-state index in [9.17, 15) is 9.59 Å². The van der Waals surface area contributed by atoms with Crippen LogP contribution >= 0.6 is 0 Å². The average molecular weight is 153 g/mol. The number of nitrogens with zero attached hydrogens (tertiary/aromatic N) is 2. The van der Waals surface area contributed by atoms with Crippen LogP contribution in [0.1, 0.15) is 10.5 Å². The number of hydrogen-bond donors (Lipinski definition) is 1. The van der Waals surface area contributed by atoms with Crippen molar-refractivity contribution in [2.24, 2.45) is 5.73 Å². The summed E-state index contributed by atoms with van der Waals surface area (Å²) in [6, 6.07) is 1.51. The minimum Gasteiger partial charge on any atom is -0.368 e. The molecule has 0 saturated heterocycles. The van der Waals surface area contributed by atoms with E-state index in [1.165, 1.54) is 16.9 Å². The number of nitrogens with two attached hydrogens (primary N) is 1. The number of primary amides is 1. The number of aldehydes is 1. The Hall–Kier alpha value is -1.65. The van der Waals surface area contributed by atoms with Crippen LogP contribution in [0, 0.1) is 0 Å². The van der Waals surface area contributed by atoms with Crippen LogP contribution in [-0.4, -0.2) is 22.0 Å². The zero-order chi connectivity index (χ0) is 8.27. The molecule has 1 aromatic rings. The van der Waals surface area contributed by atoms with Crippen molar-refractivity contribution in [1.29, 1.82) is 0 Å². The van der Waals surface area contributed by atoms with Gasteiger partial charge in [0.05, 0.1) is 0 Å². The Bertz CT molecular complexity index is 279. The highest BCUT2D eigenvalue weighted by molar-refractivity contribution is 5.76. The van der Waals surface area contributed by atoms with Gasteiger partial charge in [-0.3, -0.25) is 14.3 Å². The molecule has 0 aliphatic rings. The van der Waals surface area contributed by atoms with Crippen molar-refractivity contribution in [3.8, 4) is 0 Å². The third-order valence-electron chi connectivity index (χ3n) is 1.18. The van der Waals surface area contributed by atoms with Crippen LogP contribution < -0.4 is 5.73 Å². The SMILES string of the molecule is NC(=O)Cn1nccc1C=O. The first-order chi connectivity index (χ1) is 5.24. The first kappa shape index (κ1) is 7.46. The van der Waals surface area contributed by atoms with E-state index in [-0.39, 0.29) is 6.54 Å². The lowest BCUT2D eigenvalue weighted by Gasteiger charge is -1.97. The maximum atomic E-state index is 10.4. The van der Waals surface area contributed by atoms with Crippen molar-refractivity contribution < 1.29 is 9.59 Å². The predicted octanol–water partition coefficient (Wildman–Crippen LogP) is -0.819. The van der Waals surface area contributed by atoms with Gasteiger partial charge in [-0.1, -0.05) is 0 Å². The van der Waals surface area contributed by atoms with E-state index in [4.69, 9.17) is 5.73 Å². The number of carbonyl (C=O) groups is 2. The van der Waals surface area contributed by atoms with Gasteiger partial charge in [0.15, 0.2) is 6.29 Å². The molecule has 58 valence electrons. The lowest BCUT2D eigenvalue weighted by molar-refractivity contribution is -0.118. The second-order valence-corrected chi connectivity index (χ2v) is 2.00. The molecule has 0 bridgehead atoms. The smallest absolute Gasteiger partial charge is 0.239 e. The number of aromatic nitrogens is 2. The molecular weight excluding hydrogens is 146 g/mol. The zero-order valence-electron chi connectivity index (χ0n) is 5.73. The van der Waals surface area contributed by atoms with Gasteiger partial charge in [-0.2, -0.15) is 5.10 Å². The molecule has 1 aromatic heterocycles. The largest absolute Gasteiger partial charge is 0.368 e. The lowest BCUT2D eigenvalue weighted by Crippen LogP contribution is -2.20. The molecule has 0 fully saturated rings. The fourth-order valence-electron chi connectivity index (χ4n) is 0.723. The molecule has 1 rings (SSSR count). The summed E-state index contributed by atoms with van der Waals surface area (Å²) in [6.07, 6.45) is 2.06. The van der Waals surface area contributed by atoms with E-state index >= 15 is 0 Å². The Balaban J connectivity index is 2.84. The molecule has 5 nitrogen and oxygen atoms in total. The summed E-state index contributed by atoms with van der Waals surface area (Å²) in [5.74, 6) is -0.517. The van der Waals surface area contributed by atoms with Gasteiger partial charge in [-0.25, -0.2) is 0 Å². The van der Waals surface area contributed by atoms with Gasteiger partial charge in [0.25, 0.3) is 0 Å². The molecule has 0 aliphatic heterocycles. The highest BCUT2D eigenvalue weighted by Crippen LogP contribution is 1.92. The molecule has 0 saturated carbocycles. The van der Waals surface area contributed by atoms with Crippen molar-refractivity contribution in [3.05, 3.63) is 18.0 Å². The van der Waals surface area contributed by atoms with E-state index < -0.39 is 5.91 Å². The van der Waals surface area contributed by atoms with Crippen LogP contribution in [0.4, 0.5) is 0 Å². The molecule has 2 N–H and O–H groups in total. The van der Waals surface area contributed by atoms with E-state index in [1.807, 2.05) is 0 Å². The summed E-state index contributed by atoms with van der Waals surface area (Å²) in [5, 5.41) is 3.71. The van der Waals surface area contributed by atoms with E-state index in [2.05, 4.69) is 5.10 Å². The van der Waals surface area contributed by atoms with Crippen molar-refractivity contribution in [3.63, 3.8) is 0 Å². The molecule has 0 spiro atoms. The van der Waals surface area contributed by atoms with Crippen LogP contribution in [0.2, 0.25) is 0 Å². The van der Waals surface area contributed by atoms with Crippen LogP contribution in [0.25, 0.3) is 0 Å². The van der Waals surface area contributed by atoms with Crippen molar-refractivity contribution >= 4 is 12.2 Å². The van der Waals surface area contributed by atoms with Gasteiger partial charge in [0.1, 0.15) is 12.2 Å². The molecule has 5 heteroatoms. The number of carbonyl (C=O) groups excluding carboxylic acids is 2. The standard InChI is InChI=1S/C6H7N3O2/c7-6(11)3-9-5(4-10)1-2-8-9/h1-2,4H,3H2,(H2,7,11). The number of amides is 1. The molecule has 0 aromatic carbocycles. The first-order valence-corrected chi connectivity index (χ1v) is 2.99. The van der Waals surface area contributed by atoms with Crippen LogP contribution in [0.5, 0.6) is 0 Å². The summed E-state index contributed by atoms with van der Waals surface area (Å²) in [4.78, 5) is 20.6. The molecular formula is C6H7N3O2. The van der Waals surface area contributed by atoms with E-state index in [1.54, 1.807) is 0 Å². The second kappa shape index (κ2) is 2.96. The molecule has 0 radical (unpaired) electrons. The Labute approximate surface area is 62.8 Å². The van der Waals surface area contributed by atoms with E-state index in [0.29, 0.717) is 12.0 Å². The fourth-order valence-corrected chi connectivity index (χ4v) is 0.723. The summed E-state index contributed by atoms with van der Waals surface area (Å²) in [6.45, 7) is -0.0545. The maximum absolute atomic E-state index is 10.4.